The van der Waals surface area contributed by atoms with Crippen molar-refractivity contribution in [1.82, 2.24) is 15.1 Å². The van der Waals surface area contributed by atoms with Crippen molar-refractivity contribution in [2.24, 2.45) is 11.7 Å². The maximum atomic E-state index is 12.8. The van der Waals surface area contributed by atoms with Crippen LogP contribution in [0.1, 0.15) is 18.9 Å². The monoisotopic (exact) mass is 360 g/mol. The van der Waals surface area contributed by atoms with Gasteiger partial charge < -0.3 is 20.3 Å². The molecule has 8 nitrogen and oxygen atoms in total. The van der Waals surface area contributed by atoms with E-state index in [9.17, 15) is 14.4 Å². The van der Waals surface area contributed by atoms with Gasteiger partial charge in [-0.05, 0) is 18.9 Å². The molecule has 2 aliphatic heterocycles. The van der Waals surface area contributed by atoms with Crippen molar-refractivity contribution >= 4 is 17.8 Å². The van der Waals surface area contributed by atoms with E-state index in [1.165, 1.54) is 9.80 Å². The van der Waals surface area contributed by atoms with E-state index in [2.05, 4.69) is 5.32 Å². The number of ether oxygens (including phenoxy) is 1. The van der Waals surface area contributed by atoms with Crippen LogP contribution in [0, 0.1) is 5.92 Å². The van der Waals surface area contributed by atoms with Crippen LogP contribution in [0.15, 0.2) is 30.3 Å². The number of carbonyl (C=O) groups is 3. The number of hydrogen-bond donors (Lipinski definition) is 2. The van der Waals surface area contributed by atoms with Gasteiger partial charge in [-0.25, -0.2) is 4.79 Å². The molecule has 0 aliphatic carbocycles. The summed E-state index contributed by atoms with van der Waals surface area (Å²) in [6.07, 6.45) is -0.284. The highest BCUT2D eigenvalue weighted by atomic mass is 16.5. The van der Waals surface area contributed by atoms with Crippen LogP contribution in [-0.4, -0.2) is 59.6 Å². The number of imide groups is 1. The van der Waals surface area contributed by atoms with E-state index in [4.69, 9.17) is 10.5 Å². The summed E-state index contributed by atoms with van der Waals surface area (Å²) in [5.74, 6) is -0.967. The van der Waals surface area contributed by atoms with Gasteiger partial charge in [-0.15, -0.1) is 0 Å². The molecule has 2 aliphatic rings. The van der Waals surface area contributed by atoms with Gasteiger partial charge in [0.15, 0.2) is 0 Å². The first-order chi connectivity index (χ1) is 12.5. The number of rotatable bonds is 5. The third-order valence-electron chi connectivity index (χ3n) is 4.88. The first-order valence-corrected chi connectivity index (χ1v) is 8.82. The molecule has 140 valence electrons. The molecule has 0 aromatic heterocycles. The first kappa shape index (κ1) is 18.3. The van der Waals surface area contributed by atoms with E-state index in [0.717, 1.165) is 5.56 Å². The summed E-state index contributed by atoms with van der Waals surface area (Å²) in [6.45, 7) is 3.27. The highest BCUT2D eigenvalue weighted by molar-refractivity contribution is 6.01. The summed E-state index contributed by atoms with van der Waals surface area (Å²) in [5, 5.41) is 2.33. The molecule has 1 aromatic carbocycles. The lowest BCUT2D eigenvalue weighted by Crippen LogP contribution is -2.71. The second-order valence-corrected chi connectivity index (χ2v) is 6.53. The van der Waals surface area contributed by atoms with Crippen LogP contribution in [0.2, 0.25) is 0 Å². The fourth-order valence-corrected chi connectivity index (χ4v) is 3.45. The third kappa shape index (κ3) is 3.56. The Morgan fingerprint density at radius 1 is 1.35 bits per heavy atom. The minimum Gasteiger partial charge on any atom is -0.381 e. The summed E-state index contributed by atoms with van der Waals surface area (Å²) in [5.41, 5.74) is 7.18. The highest BCUT2D eigenvalue weighted by Gasteiger charge is 2.45. The lowest BCUT2D eigenvalue weighted by molar-refractivity contribution is -0.146. The molecule has 3 N–H and O–H groups in total. The number of nitrogens with zero attached hydrogens (tertiary/aromatic N) is 2. The van der Waals surface area contributed by atoms with Crippen LogP contribution >= 0.6 is 0 Å². The predicted molar refractivity (Wildman–Crippen MR) is 93.6 cm³/mol. The molecule has 8 heteroatoms. The number of benzene rings is 1. The number of nitrogens with one attached hydrogen (secondary N) is 1. The Morgan fingerprint density at radius 3 is 2.69 bits per heavy atom. The zero-order valence-corrected chi connectivity index (χ0v) is 14.8. The molecule has 1 aromatic rings. The van der Waals surface area contributed by atoms with Gasteiger partial charge in [0.1, 0.15) is 12.2 Å². The standard InChI is InChI=1S/C18H24N4O4/c1-2-21(17(24)13-8-9-26-11-13)14-15(19)22(18(25)20-16(14)23)10-12-6-4-3-5-7-12/h3-7,13-15H,2,8-11,19H2,1H3,(H,20,23,25). The number of amides is 4. The summed E-state index contributed by atoms with van der Waals surface area (Å²) in [4.78, 5) is 40.4. The molecule has 0 radical (unpaired) electrons. The van der Waals surface area contributed by atoms with E-state index < -0.39 is 24.1 Å². The van der Waals surface area contributed by atoms with E-state index in [-0.39, 0.29) is 18.4 Å². The lowest BCUT2D eigenvalue weighted by atomic mass is 10.0. The van der Waals surface area contributed by atoms with Gasteiger partial charge in [0.2, 0.25) is 5.91 Å². The van der Waals surface area contributed by atoms with Crippen molar-refractivity contribution in [1.29, 1.82) is 0 Å². The zero-order chi connectivity index (χ0) is 18.7. The second kappa shape index (κ2) is 7.84. The molecule has 3 rings (SSSR count). The average molecular weight is 360 g/mol. The normalized spacial score (nSPS) is 25.9. The molecule has 0 saturated carbocycles. The first-order valence-electron chi connectivity index (χ1n) is 8.82. The minimum absolute atomic E-state index is 0.158. The van der Waals surface area contributed by atoms with Gasteiger partial charge in [0.25, 0.3) is 5.91 Å². The lowest BCUT2D eigenvalue weighted by Gasteiger charge is -2.43. The molecule has 3 unspecified atom stereocenters. The molecule has 26 heavy (non-hydrogen) atoms. The van der Waals surface area contributed by atoms with Crippen molar-refractivity contribution in [3.05, 3.63) is 35.9 Å². The molecule has 4 amide bonds. The van der Waals surface area contributed by atoms with Crippen LogP contribution < -0.4 is 11.1 Å². The summed E-state index contributed by atoms with van der Waals surface area (Å²) in [6, 6.07) is 7.91. The Balaban J connectivity index is 1.81. The largest absolute Gasteiger partial charge is 0.381 e. The van der Waals surface area contributed by atoms with Gasteiger partial charge in [0, 0.05) is 19.7 Å². The van der Waals surface area contributed by atoms with Crippen molar-refractivity contribution in [2.75, 3.05) is 19.8 Å². The fraction of sp³-hybridized carbons (Fsp3) is 0.500. The second-order valence-electron chi connectivity index (χ2n) is 6.53. The van der Waals surface area contributed by atoms with Gasteiger partial charge in [-0.2, -0.15) is 0 Å². The van der Waals surface area contributed by atoms with Crippen molar-refractivity contribution in [3.8, 4) is 0 Å². The molecule has 0 spiro atoms. The fourth-order valence-electron chi connectivity index (χ4n) is 3.45. The van der Waals surface area contributed by atoms with E-state index >= 15 is 0 Å². The van der Waals surface area contributed by atoms with Crippen molar-refractivity contribution in [3.63, 3.8) is 0 Å². The number of carbonyl (C=O) groups excluding carboxylic acids is 3. The molecular formula is C18H24N4O4. The summed E-state index contributed by atoms with van der Waals surface area (Å²) < 4.78 is 5.29. The van der Waals surface area contributed by atoms with E-state index in [0.29, 0.717) is 26.2 Å². The van der Waals surface area contributed by atoms with Crippen molar-refractivity contribution in [2.45, 2.75) is 32.1 Å². The number of likely N-dealkylation sites (N-methyl/N-ethyl adjacent to an activating group) is 1. The molecule has 2 heterocycles. The van der Waals surface area contributed by atoms with Crippen molar-refractivity contribution < 1.29 is 19.1 Å². The van der Waals surface area contributed by atoms with Gasteiger partial charge in [-0.1, -0.05) is 30.3 Å². The van der Waals surface area contributed by atoms with Crippen LogP contribution in [0.3, 0.4) is 0 Å². The Hall–Kier alpha value is -2.45. The smallest absolute Gasteiger partial charge is 0.325 e. The molecular weight excluding hydrogens is 336 g/mol. The van der Waals surface area contributed by atoms with E-state index in [1.54, 1.807) is 6.92 Å². The number of hydrogen-bond acceptors (Lipinski definition) is 5. The highest BCUT2D eigenvalue weighted by Crippen LogP contribution is 2.21. The van der Waals surface area contributed by atoms with Gasteiger partial charge in [0.05, 0.1) is 12.5 Å². The predicted octanol–water partition coefficient (Wildman–Crippen LogP) is 0.277. The maximum Gasteiger partial charge on any atom is 0.325 e. The van der Waals surface area contributed by atoms with Crippen LogP contribution in [-0.2, 0) is 20.9 Å². The Bertz CT molecular complexity index is 675. The minimum atomic E-state index is -0.922. The topological polar surface area (TPSA) is 105 Å². The molecule has 2 fully saturated rings. The Labute approximate surface area is 152 Å². The molecule has 2 saturated heterocycles. The van der Waals surface area contributed by atoms with Crippen LogP contribution in [0.4, 0.5) is 4.79 Å². The summed E-state index contributed by atoms with van der Waals surface area (Å²) >= 11 is 0. The van der Waals surface area contributed by atoms with E-state index in [1.807, 2.05) is 30.3 Å². The third-order valence-corrected chi connectivity index (χ3v) is 4.88. The average Bonchev–Trinajstić information content (AvgIpc) is 3.17. The van der Waals surface area contributed by atoms with Crippen LogP contribution in [0.5, 0.6) is 0 Å². The quantitative estimate of drug-likeness (QED) is 0.785. The van der Waals surface area contributed by atoms with Crippen LogP contribution in [0.25, 0.3) is 0 Å². The van der Waals surface area contributed by atoms with Gasteiger partial charge in [-0.3, -0.25) is 14.9 Å². The SMILES string of the molecule is CCN(C(=O)C1CCOC1)C1C(=O)NC(=O)N(Cc2ccccc2)C1N. The maximum absolute atomic E-state index is 12.8. The Morgan fingerprint density at radius 2 is 2.08 bits per heavy atom. The summed E-state index contributed by atoms with van der Waals surface area (Å²) in [7, 11) is 0. The number of nitrogens with two attached hydrogens (primary N) is 1. The number of urea groups is 1. The molecule has 3 atom stereocenters. The zero-order valence-electron chi connectivity index (χ0n) is 14.8. The van der Waals surface area contributed by atoms with Gasteiger partial charge >= 0.3 is 6.03 Å². The Kier molecular flexibility index (Phi) is 5.53. The molecule has 0 bridgehead atoms.